The molecule has 0 radical (unpaired) electrons. The number of carbonyl (C=O) groups excluding carboxylic acids is 2. The Hall–Kier alpha value is -2.80. The zero-order chi connectivity index (χ0) is 19.4. The first-order valence-corrected chi connectivity index (χ1v) is 8.80. The molecule has 0 aromatic heterocycles. The van der Waals surface area contributed by atoms with Crippen LogP contribution in [0.3, 0.4) is 0 Å². The lowest BCUT2D eigenvalue weighted by atomic mass is 9.97. The highest BCUT2D eigenvalue weighted by atomic mass is 19.2. The minimum atomic E-state index is -1.07. The van der Waals surface area contributed by atoms with Crippen molar-refractivity contribution in [2.24, 2.45) is 11.7 Å². The molecular weight excluding hydrogens is 352 g/mol. The summed E-state index contributed by atoms with van der Waals surface area (Å²) in [6.07, 6.45) is 1.68. The van der Waals surface area contributed by atoms with Gasteiger partial charge in [0, 0.05) is 24.3 Å². The van der Waals surface area contributed by atoms with Crippen molar-refractivity contribution in [1.82, 2.24) is 4.90 Å². The van der Waals surface area contributed by atoms with Gasteiger partial charge in [-0.05, 0) is 49.2 Å². The van der Waals surface area contributed by atoms with Gasteiger partial charge in [0.1, 0.15) is 0 Å². The van der Waals surface area contributed by atoms with Crippen molar-refractivity contribution in [2.45, 2.75) is 19.4 Å². The third-order valence-electron chi connectivity index (χ3n) is 4.75. The molecule has 2 aromatic carbocycles. The van der Waals surface area contributed by atoms with Crippen LogP contribution in [0.2, 0.25) is 0 Å². The predicted octanol–water partition coefficient (Wildman–Crippen LogP) is 2.91. The van der Waals surface area contributed by atoms with Crippen molar-refractivity contribution in [1.29, 1.82) is 0 Å². The van der Waals surface area contributed by atoms with Gasteiger partial charge in [0.2, 0.25) is 5.91 Å². The Morgan fingerprint density at radius 1 is 1.15 bits per heavy atom. The van der Waals surface area contributed by atoms with Crippen molar-refractivity contribution >= 4 is 17.5 Å². The minimum Gasteiger partial charge on any atom is -0.369 e. The van der Waals surface area contributed by atoms with E-state index in [1.54, 1.807) is 12.1 Å². The summed E-state index contributed by atoms with van der Waals surface area (Å²) in [5.41, 5.74) is 6.93. The zero-order valence-corrected chi connectivity index (χ0v) is 14.8. The van der Waals surface area contributed by atoms with E-state index in [0.29, 0.717) is 18.8 Å². The van der Waals surface area contributed by atoms with Crippen molar-refractivity contribution in [3.8, 4) is 0 Å². The summed E-state index contributed by atoms with van der Waals surface area (Å²) in [5.74, 6) is -3.04. The van der Waals surface area contributed by atoms with Crippen molar-refractivity contribution in [2.75, 3.05) is 18.4 Å². The lowest BCUT2D eigenvalue weighted by molar-refractivity contribution is -0.123. The predicted molar refractivity (Wildman–Crippen MR) is 97.9 cm³/mol. The van der Waals surface area contributed by atoms with Gasteiger partial charge in [-0.2, -0.15) is 0 Å². The molecule has 3 N–H and O–H groups in total. The second-order valence-electron chi connectivity index (χ2n) is 6.72. The van der Waals surface area contributed by atoms with Crippen LogP contribution in [0.25, 0.3) is 0 Å². The number of para-hydroxylation sites is 1. The van der Waals surface area contributed by atoms with Crippen LogP contribution in [0.5, 0.6) is 0 Å². The highest BCUT2D eigenvalue weighted by molar-refractivity contribution is 6.04. The second kappa shape index (κ2) is 8.26. The highest BCUT2D eigenvalue weighted by Gasteiger charge is 2.24. The number of nitrogens with one attached hydrogen (secondary N) is 1. The topological polar surface area (TPSA) is 75.4 Å². The first-order chi connectivity index (χ1) is 12.9. The normalized spacial score (nSPS) is 17.5. The van der Waals surface area contributed by atoms with Crippen LogP contribution in [0.4, 0.5) is 14.5 Å². The number of carbonyl (C=O) groups is 2. The summed E-state index contributed by atoms with van der Waals surface area (Å²) in [6, 6.07) is 10.3. The van der Waals surface area contributed by atoms with E-state index >= 15 is 0 Å². The second-order valence-corrected chi connectivity index (χ2v) is 6.72. The maximum Gasteiger partial charge on any atom is 0.255 e. The maximum absolute atomic E-state index is 13.4. The fourth-order valence-electron chi connectivity index (χ4n) is 3.28. The van der Waals surface area contributed by atoms with Crippen molar-refractivity contribution in [3.05, 3.63) is 65.2 Å². The molecule has 0 saturated carbocycles. The molecule has 5 nitrogen and oxygen atoms in total. The molecule has 0 unspecified atom stereocenters. The number of primary amides is 1. The first kappa shape index (κ1) is 19.0. The van der Waals surface area contributed by atoms with E-state index in [2.05, 4.69) is 10.2 Å². The number of nitrogens with zero attached hydrogens (tertiary/aromatic N) is 1. The molecule has 1 heterocycles. The van der Waals surface area contributed by atoms with E-state index in [1.807, 2.05) is 12.1 Å². The lowest BCUT2D eigenvalue weighted by Crippen LogP contribution is -2.40. The molecule has 1 saturated heterocycles. The molecule has 2 amide bonds. The number of rotatable bonds is 5. The monoisotopic (exact) mass is 373 g/mol. The molecule has 1 fully saturated rings. The number of benzene rings is 2. The number of hydrogen-bond donors (Lipinski definition) is 2. The smallest absolute Gasteiger partial charge is 0.255 e. The zero-order valence-electron chi connectivity index (χ0n) is 14.8. The molecule has 0 spiro atoms. The van der Waals surface area contributed by atoms with Crippen LogP contribution in [-0.4, -0.2) is 29.8 Å². The SMILES string of the molecule is NC(=O)[C@@H]1CCCN(Cc2ccccc2NC(=O)c2ccc(F)c(F)c2)C1. The van der Waals surface area contributed by atoms with E-state index in [9.17, 15) is 18.4 Å². The molecule has 1 aliphatic rings. The Morgan fingerprint density at radius 2 is 1.93 bits per heavy atom. The van der Waals surface area contributed by atoms with Crippen molar-refractivity contribution < 1.29 is 18.4 Å². The van der Waals surface area contributed by atoms with Crippen LogP contribution >= 0.6 is 0 Å². The number of anilines is 1. The Balaban J connectivity index is 1.73. The van der Waals surface area contributed by atoms with Crippen LogP contribution in [-0.2, 0) is 11.3 Å². The fraction of sp³-hybridized carbons (Fsp3) is 0.300. The van der Waals surface area contributed by atoms with Gasteiger partial charge < -0.3 is 11.1 Å². The number of halogens is 2. The van der Waals surface area contributed by atoms with Gasteiger partial charge in [0.05, 0.1) is 5.92 Å². The minimum absolute atomic E-state index is 0.0375. The third-order valence-corrected chi connectivity index (χ3v) is 4.75. The van der Waals surface area contributed by atoms with Gasteiger partial charge >= 0.3 is 0 Å². The van der Waals surface area contributed by atoms with E-state index in [-0.39, 0.29) is 17.4 Å². The van der Waals surface area contributed by atoms with Crippen LogP contribution < -0.4 is 11.1 Å². The average Bonchev–Trinajstić information content (AvgIpc) is 2.65. The van der Waals surface area contributed by atoms with E-state index in [1.165, 1.54) is 6.07 Å². The number of nitrogens with two attached hydrogens (primary N) is 1. The highest BCUT2D eigenvalue weighted by Crippen LogP contribution is 2.23. The van der Waals surface area contributed by atoms with Crippen LogP contribution in [0.1, 0.15) is 28.8 Å². The number of piperidine rings is 1. The van der Waals surface area contributed by atoms with Crippen LogP contribution in [0.15, 0.2) is 42.5 Å². The molecule has 0 aliphatic carbocycles. The maximum atomic E-state index is 13.4. The van der Waals surface area contributed by atoms with E-state index in [0.717, 1.165) is 37.1 Å². The van der Waals surface area contributed by atoms with Gasteiger partial charge in [-0.1, -0.05) is 18.2 Å². The van der Waals surface area contributed by atoms with E-state index in [4.69, 9.17) is 5.73 Å². The van der Waals surface area contributed by atoms with E-state index < -0.39 is 17.5 Å². The molecule has 2 aromatic rings. The molecular formula is C20H21F2N3O2. The summed E-state index contributed by atoms with van der Waals surface area (Å²) >= 11 is 0. The standard InChI is InChI=1S/C20H21F2N3O2/c21-16-8-7-13(10-17(16)22)20(27)24-18-6-2-1-4-14(18)11-25-9-3-5-15(12-25)19(23)26/h1-2,4,6-8,10,15H,3,5,9,11-12H2,(H2,23,26)(H,24,27)/t15-/m1/s1. The first-order valence-electron chi connectivity index (χ1n) is 8.80. The Labute approximate surface area is 156 Å². The van der Waals surface area contributed by atoms with Gasteiger partial charge in [-0.15, -0.1) is 0 Å². The van der Waals surface area contributed by atoms with Gasteiger partial charge in [0.25, 0.3) is 5.91 Å². The fourth-order valence-corrected chi connectivity index (χ4v) is 3.28. The molecule has 1 aliphatic heterocycles. The third kappa shape index (κ3) is 4.68. The summed E-state index contributed by atoms with van der Waals surface area (Å²) in [4.78, 5) is 26.0. The quantitative estimate of drug-likeness (QED) is 0.846. The Morgan fingerprint density at radius 3 is 2.67 bits per heavy atom. The molecule has 3 rings (SSSR count). The molecule has 142 valence electrons. The lowest BCUT2D eigenvalue weighted by Gasteiger charge is -2.31. The molecule has 0 bridgehead atoms. The summed E-state index contributed by atoms with van der Waals surface area (Å²) in [7, 11) is 0. The summed E-state index contributed by atoms with van der Waals surface area (Å²) in [5, 5.41) is 2.75. The molecule has 7 heteroatoms. The number of likely N-dealkylation sites (tertiary alicyclic amines) is 1. The Kier molecular flexibility index (Phi) is 5.81. The van der Waals surface area contributed by atoms with Gasteiger partial charge in [-0.25, -0.2) is 8.78 Å². The largest absolute Gasteiger partial charge is 0.369 e. The Bertz CT molecular complexity index is 857. The van der Waals surface area contributed by atoms with Crippen LogP contribution in [0, 0.1) is 17.6 Å². The van der Waals surface area contributed by atoms with Gasteiger partial charge in [-0.3, -0.25) is 14.5 Å². The van der Waals surface area contributed by atoms with Crippen molar-refractivity contribution in [3.63, 3.8) is 0 Å². The summed E-state index contributed by atoms with van der Waals surface area (Å²) < 4.78 is 26.4. The number of amides is 2. The molecule has 27 heavy (non-hydrogen) atoms. The average molecular weight is 373 g/mol. The number of hydrogen-bond acceptors (Lipinski definition) is 3. The van der Waals surface area contributed by atoms with Gasteiger partial charge in [0.15, 0.2) is 11.6 Å². The summed E-state index contributed by atoms with van der Waals surface area (Å²) in [6.45, 7) is 1.98. The molecule has 1 atom stereocenters.